The van der Waals surface area contributed by atoms with Crippen molar-refractivity contribution in [1.29, 1.82) is 0 Å². The Morgan fingerprint density at radius 3 is 2.31 bits per heavy atom. The van der Waals surface area contributed by atoms with Gasteiger partial charge in [0, 0.05) is 12.6 Å². The molecule has 0 aromatic carbocycles. The van der Waals surface area contributed by atoms with Crippen molar-refractivity contribution in [2.24, 2.45) is 5.92 Å². The van der Waals surface area contributed by atoms with Gasteiger partial charge in [-0.1, -0.05) is 38.2 Å². The Morgan fingerprint density at radius 1 is 1.38 bits per heavy atom. The van der Waals surface area contributed by atoms with Crippen molar-refractivity contribution in [3.63, 3.8) is 0 Å². The zero-order valence-corrected chi connectivity index (χ0v) is 11.1. The maximum absolute atomic E-state index is 11.1. The first-order valence-corrected chi connectivity index (χ1v) is 5.71. The van der Waals surface area contributed by atoms with Gasteiger partial charge >= 0.3 is 0 Å². The second kappa shape index (κ2) is 7.04. The van der Waals surface area contributed by atoms with Gasteiger partial charge in [0.2, 0.25) is 5.91 Å². The lowest BCUT2D eigenvalue weighted by Crippen LogP contribution is -2.24. The monoisotopic (exact) mass is 221 g/mol. The first-order chi connectivity index (χ1) is 7.42. The maximum atomic E-state index is 11.1. The standard InChI is InChI=1S/C14H23NO/c1-7-10(3)9-12(5)14(11(4)8-2)15-13(6)16/h7,9,11H,1,8H2,2-6H3,(H,15,16). The zero-order valence-electron chi connectivity index (χ0n) is 11.1. The van der Waals surface area contributed by atoms with Crippen LogP contribution in [0.5, 0.6) is 0 Å². The summed E-state index contributed by atoms with van der Waals surface area (Å²) in [5.41, 5.74) is 3.21. The molecule has 90 valence electrons. The van der Waals surface area contributed by atoms with E-state index in [2.05, 4.69) is 25.7 Å². The van der Waals surface area contributed by atoms with Gasteiger partial charge in [-0.3, -0.25) is 4.79 Å². The maximum Gasteiger partial charge on any atom is 0.221 e. The molecule has 0 bridgehead atoms. The summed E-state index contributed by atoms with van der Waals surface area (Å²) < 4.78 is 0. The van der Waals surface area contributed by atoms with Crippen LogP contribution < -0.4 is 5.32 Å². The minimum absolute atomic E-state index is 0.0145. The zero-order chi connectivity index (χ0) is 12.7. The van der Waals surface area contributed by atoms with Gasteiger partial charge < -0.3 is 5.32 Å². The van der Waals surface area contributed by atoms with E-state index in [1.165, 1.54) is 0 Å². The number of hydrogen-bond donors (Lipinski definition) is 1. The third-order valence-electron chi connectivity index (χ3n) is 2.61. The molecule has 0 aliphatic rings. The van der Waals surface area contributed by atoms with Crippen LogP contribution in [0.4, 0.5) is 0 Å². The number of carbonyl (C=O) groups excluding carboxylic acids is 1. The highest BCUT2D eigenvalue weighted by molar-refractivity contribution is 5.75. The fraction of sp³-hybridized carbons (Fsp3) is 0.500. The first kappa shape index (κ1) is 14.7. The Bertz CT molecular complexity index is 324. The molecule has 1 amide bonds. The van der Waals surface area contributed by atoms with E-state index in [1.807, 2.05) is 26.0 Å². The molecular weight excluding hydrogens is 198 g/mol. The molecule has 0 aliphatic carbocycles. The lowest BCUT2D eigenvalue weighted by atomic mass is 9.99. The summed E-state index contributed by atoms with van der Waals surface area (Å²) in [5, 5.41) is 2.92. The average molecular weight is 221 g/mol. The third kappa shape index (κ3) is 4.96. The number of carbonyl (C=O) groups is 1. The summed E-state index contributed by atoms with van der Waals surface area (Å²) >= 11 is 0. The minimum Gasteiger partial charge on any atom is -0.329 e. The van der Waals surface area contributed by atoms with Crippen molar-refractivity contribution in [3.8, 4) is 0 Å². The van der Waals surface area contributed by atoms with Crippen molar-refractivity contribution >= 4 is 5.91 Å². The fourth-order valence-electron chi connectivity index (χ4n) is 1.48. The van der Waals surface area contributed by atoms with Gasteiger partial charge in [0.15, 0.2) is 0 Å². The quantitative estimate of drug-likeness (QED) is 0.706. The van der Waals surface area contributed by atoms with Crippen molar-refractivity contribution in [1.82, 2.24) is 5.32 Å². The molecule has 16 heavy (non-hydrogen) atoms. The van der Waals surface area contributed by atoms with Gasteiger partial charge in [0.05, 0.1) is 0 Å². The molecule has 0 heterocycles. The summed E-state index contributed by atoms with van der Waals surface area (Å²) in [4.78, 5) is 11.1. The molecule has 0 rings (SSSR count). The van der Waals surface area contributed by atoms with Gasteiger partial charge in [-0.2, -0.15) is 0 Å². The highest BCUT2D eigenvalue weighted by Gasteiger charge is 2.10. The predicted molar refractivity (Wildman–Crippen MR) is 69.9 cm³/mol. The first-order valence-electron chi connectivity index (χ1n) is 5.71. The summed E-state index contributed by atoms with van der Waals surface area (Å²) in [7, 11) is 0. The van der Waals surface area contributed by atoms with Gasteiger partial charge in [-0.25, -0.2) is 0 Å². The van der Waals surface area contributed by atoms with Crippen molar-refractivity contribution in [3.05, 3.63) is 35.6 Å². The topological polar surface area (TPSA) is 29.1 Å². The van der Waals surface area contributed by atoms with E-state index in [4.69, 9.17) is 0 Å². The molecule has 0 radical (unpaired) electrons. The molecule has 0 aromatic heterocycles. The molecule has 0 spiro atoms. The highest BCUT2D eigenvalue weighted by atomic mass is 16.1. The highest BCUT2D eigenvalue weighted by Crippen LogP contribution is 2.17. The number of rotatable bonds is 5. The molecule has 1 N–H and O–H groups in total. The summed E-state index contributed by atoms with van der Waals surface area (Å²) in [6, 6.07) is 0. The summed E-state index contributed by atoms with van der Waals surface area (Å²) in [6.07, 6.45) is 4.86. The van der Waals surface area contributed by atoms with Crippen molar-refractivity contribution < 1.29 is 4.79 Å². The lowest BCUT2D eigenvalue weighted by molar-refractivity contribution is -0.118. The Morgan fingerprint density at radius 2 is 1.94 bits per heavy atom. The van der Waals surface area contributed by atoms with E-state index < -0.39 is 0 Å². The van der Waals surface area contributed by atoms with Crippen molar-refractivity contribution in [2.45, 2.75) is 41.0 Å². The van der Waals surface area contributed by atoms with E-state index in [-0.39, 0.29) is 5.91 Å². The molecule has 2 heteroatoms. The van der Waals surface area contributed by atoms with E-state index in [0.29, 0.717) is 5.92 Å². The second-order valence-electron chi connectivity index (χ2n) is 4.18. The molecule has 0 fully saturated rings. The predicted octanol–water partition coefficient (Wildman–Crippen LogP) is 3.57. The van der Waals surface area contributed by atoms with E-state index in [0.717, 1.165) is 23.3 Å². The lowest BCUT2D eigenvalue weighted by Gasteiger charge is -2.17. The van der Waals surface area contributed by atoms with Crippen LogP contribution in [-0.4, -0.2) is 5.91 Å². The van der Waals surface area contributed by atoms with Gasteiger partial charge in [-0.05, 0) is 31.8 Å². The van der Waals surface area contributed by atoms with Crippen LogP contribution in [0.3, 0.4) is 0 Å². The molecule has 0 saturated heterocycles. The van der Waals surface area contributed by atoms with Crippen LogP contribution in [0.1, 0.15) is 41.0 Å². The molecule has 1 unspecified atom stereocenters. The normalized spacial score (nSPS) is 15.2. The van der Waals surface area contributed by atoms with Crippen LogP contribution in [0.25, 0.3) is 0 Å². The number of amides is 1. The van der Waals surface area contributed by atoms with Crippen LogP contribution in [0.2, 0.25) is 0 Å². The Balaban J connectivity index is 5.18. The molecule has 0 saturated carbocycles. The SMILES string of the molecule is C=CC(C)=CC(C)=C(NC(C)=O)C(C)CC. The smallest absolute Gasteiger partial charge is 0.221 e. The van der Waals surface area contributed by atoms with Crippen LogP contribution >= 0.6 is 0 Å². The number of nitrogens with one attached hydrogen (secondary N) is 1. The largest absolute Gasteiger partial charge is 0.329 e. The molecule has 2 nitrogen and oxygen atoms in total. The van der Waals surface area contributed by atoms with Gasteiger partial charge in [0.1, 0.15) is 0 Å². The van der Waals surface area contributed by atoms with E-state index >= 15 is 0 Å². The van der Waals surface area contributed by atoms with Crippen molar-refractivity contribution in [2.75, 3.05) is 0 Å². The van der Waals surface area contributed by atoms with E-state index in [1.54, 1.807) is 6.92 Å². The number of hydrogen-bond acceptors (Lipinski definition) is 1. The summed E-state index contributed by atoms with van der Waals surface area (Å²) in [5.74, 6) is 0.345. The second-order valence-corrected chi connectivity index (χ2v) is 4.18. The van der Waals surface area contributed by atoms with E-state index in [9.17, 15) is 4.79 Å². The Hall–Kier alpha value is -1.31. The Kier molecular flexibility index (Phi) is 6.47. The summed E-state index contributed by atoms with van der Waals surface area (Å²) in [6.45, 7) is 13.5. The van der Waals surface area contributed by atoms with Crippen LogP contribution in [-0.2, 0) is 4.79 Å². The third-order valence-corrected chi connectivity index (χ3v) is 2.61. The molecular formula is C14H23NO. The molecule has 0 aliphatic heterocycles. The Labute approximate surface area is 99.1 Å². The van der Waals surface area contributed by atoms with Crippen LogP contribution in [0.15, 0.2) is 35.6 Å². The molecule has 1 atom stereocenters. The fourth-order valence-corrected chi connectivity index (χ4v) is 1.48. The van der Waals surface area contributed by atoms with Gasteiger partial charge in [0.25, 0.3) is 0 Å². The number of allylic oxidation sites excluding steroid dienone is 5. The van der Waals surface area contributed by atoms with Gasteiger partial charge in [-0.15, -0.1) is 0 Å². The molecule has 0 aromatic rings. The van der Waals surface area contributed by atoms with Crippen LogP contribution in [0, 0.1) is 5.92 Å². The minimum atomic E-state index is -0.0145. The average Bonchev–Trinajstić information content (AvgIpc) is 2.24.